The predicted octanol–water partition coefficient (Wildman–Crippen LogP) is 3.89. The molecule has 0 atom stereocenters. The first-order valence-corrected chi connectivity index (χ1v) is 13.9. The Kier molecular flexibility index (Phi) is 10.4. The third kappa shape index (κ3) is 9.03. The van der Waals surface area contributed by atoms with Gasteiger partial charge < -0.3 is 28.4 Å². The summed E-state index contributed by atoms with van der Waals surface area (Å²) in [5, 5.41) is 2.66. The molecule has 38 heavy (non-hydrogen) atoms. The van der Waals surface area contributed by atoms with E-state index in [2.05, 4.69) is 20.3 Å². The quantitative estimate of drug-likeness (QED) is 0.422. The number of amides is 3. The molecule has 2 aromatic rings. The lowest BCUT2D eigenvalue weighted by Gasteiger charge is -2.28. The molecule has 212 valence electrons. The number of rotatable bonds is 10. The van der Waals surface area contributed by atoms with Gasteiger partial charge in [-0.05, 0) is 55.4 Å². The fourth-order valence-electron chi connectivity index (χ4n) is 3.11. The van der Waals surface area contributed by atoms with Gasteiger partial charge >= 0.3 is 19.8 Å². The molecule has 0 aliphatic rings. The van der Waals surface area contributed by atoms with E-state index in [4.69, 9.17) is 18.5 Å². The second-order valence-corrected chi connectivity index (χ2v) is 12.2. The molecule has 2 aromatic heterocycles. The molecule has 2 rings (SSSR count). The van der Waals surface area contributed by atoms with Crippen LogP contribution in [0.25, 0.3) is 11.2 Å². The van der Waals surface area contributed by atoms with Gasteiger partial charge in [-0.25, -0.2) is 24.5 Å². The standard InChI is InChI=1S/C23H37N6O8P/c1-9-34-38(33,35-10-2)12-11-24-16(30)13-28-15-27-17-18(28)25-14-26-19(17)29(20(31)36-22(3,4)5)21(32)37-23(6,7)8/h14-15H,9-13H2,1-8H3,(H,24,30). The number of nitrogens with zero attached hydrogens (tertiary/aromatic N) is 5. The first kappa shape index (κ1) is 31.1. The fourth-order valence-corrected chi connectivity index (χ4v) is 4.62. The minimum absolute atomic E-state index is 0.0121. The Morgan fingerprint density at radius 1 is 0.947 bits per heavy atom. The summed E-state index contributed by atoms with van der Waals surface area (Å²) in [4.78, 5) is 51.7. The maximum Gasteiger partial charge on any atom is 0.425 e. The molecular weight excluding hydrogens is 519 g/mol. The summed E-state index contributed by atoms with van der Waals surface area (Å²) in [7, 11) is -3.30. The van der Waals surface area contributed by atoms with Crippen LogP contribution in [0, 0.1) is 0 Å². The van der Waals surface area contributed by atoms with Crippen LogP contribution in [0.5, 0.6) is 0 Å². The predicted molar refractivity (Wildman–Crippen MR) is 139 cm³/mol. The van der Waals surface area contributed by atoms with Gasteiger partial charge in [0.1, 0.15) is 24.1 Å². The first-order chi connectivity index (χ1) is 17.6. The van der Waals surface area contributed by atoms with Gasteiger partial charge in [-0.15, -0.1) is 0 Å². The van der Waals surface area contributed by atoms with Crippen LogP contribution in [0.3, 0.4) is 0 Å². The number of imide groups is 1. The highest BCUT2D eigenvalue weighted by atomic mass is 31.2. The smallest absolute Gasteiger partial charge is 0.425 e. The van der Waals surface area contributed by atoms with E-state index in [9.17, 15) is 18.9 Å². The number of nitrogens with one attached hydrogen (secondary N) is 1. The molecule has 0 saturated carbocycles. The summed E-state index contributed by atoms with van der Waals surface area (Å²) < 4.78 is 35.2. The topological polar surface area (TPSA) is 164 Å². The Morgan fingerprint density at radius 2 is 1.50 bits per heavy atom. The lowest BCUT2D eigenvalue weighted by atomic mass is 10.2. The lowest BCUT2D eigenvalue weighted by molar-refractivity contribution is -0.121. The highest BCUT2D eigenvalue weighted by molar-refractivity contribution is 7.53. The number of ether oxygens (including phenoxy) is 2. The summed E-state index contributed by atoms with van der Waals surface area (Å²) in [6.45, 7) is 13.7. The average Bonchev–Trinajstić information content (AvgIpc) is 3.15. The van der Waals surface area contributed by atoms with Crippen molar-refractivity contribution in [3.8, 4) is 0 Å². The summed E-state index contributed by atoms with van der Waals surface area (Å²) >= 11 is 0. The summed E-state index contributed by atoms with van der Waals surface area (Å²) in [5.41, 5.74) is -1.55. The zero-order chi connectivity index (χ0) is 28.7. The van der Waals surface area contributed by atoms with Crippen molar-refractivity contribution < 1.29 is 37.5 Å². The molecule has 0 bridgehead atoms. The molecule has 0 spiro atoms. The van der Waals surface area contributed by atoms with Crippen LogP contribution in [0.2, 0.25) is 0 Å². The second kappa shape index (κ2) is 12.6. The molecule has 2 heterocycles. The van der Waals surface area contributed by atoms with Crippen molar-refractivity contribution in [3.63, 3.8) is 0 Å². The van der Waals surface area contributed by atoms with Gasteiger partial charge in [0, 0.05) is 6.54 Å². The van der Waals surface area contributed by atoms with Crippen molar-refractivity contribution in [1.29, 1.82) is 0 Å². The van der Waals surface area contributed by atoms with Crippen LogP contribution in [0.4, 0.5) is 15.4 Å². The largest absolute Gasteiger partial charge is 0.443 e. The van der Waals surface area contributed by atoms with Gasteiger partial charge in [-0.1, -0.05) is 0 Å². The van der Waals surface area contributed by atoms with E-state index in [1.807, 2.05) is 0 Å². The third-order valence-electron chi connectivity index (χ3n) is 4.42. The zero-order valence-electron chi connectivity index (χ0n) is 23.1. The number of hydrogen-bond donors (Lipinski definition) is 1. The minimum Gasteiger partial charge on any atom is -0.443 e. The maximum atomic E-state index is 13.0. The Morgan fingerprint density at radius 3 is 2.00 bits per heavy atom. The highest BCUT2D eigenvalue weighted by Gasteiger charge is 2.35. The lowest BCUT2D eigenvalue weighted by Crippen LogP contribution is -2.44. The normalized spacial score (nSPS) is 12.3. The van der Waals surface area contributed by atoms with Crippen molar-refractivity contribution in [3.05, 3.63) is 12.7 Å². The molecule has 0 radical (unpaired) electrons. The van der Waals surface area contributed by atoms with Crippen LogP contribution in [0.15, 0.2) is 12.7 Å². The maximum absolute atomic E-state index is 13.0. The van der Waals surface area contributed by atoms with Crippen molar-refractivity contribution in [1.82, 2.24) is 24.8 Å². The third-order valence-corrected chi connectivity index (χ3v) is 6.49. The van der Waals surface area contributed by atoms with Crippen LogP contribution in [-0.2, 0) is 34.4 Å². The van der Waals surface area contributed by atoms with Crippen molar-refractivity contribution in [2.75, 3.05) is 30.8 Å². The van der Waals surface area contributed by atoms with Crippen molar-refractivity contribution in [2.45, 2.75) is 73.1 Å². The molecule has 14 nitrogen and oxygen atoms in total. The molecule has 0 unspecified atom stereocenters. The van der Waals surface area contributed by atoms with E-state index >= 15 is 0 Å². The van der Waals surface area contributed by atoms with Crippen LogP contribution >= 0.6 is 7.60 Å². The average molecular weight is 557 g/mol. The monoisotopic (exact) mass is 556 g/mol. The van der Waals surface area contributed by atoms with E-state index < -0.39 is 36.9 Å². The number of aromatic nitrogens is 4. The molecule has 0 aliphatic heterocycles. The SMILES string of the molecule is CCOP(=O)(CCNC(=O)Cn1cnc2c(N(C(=O)OC(C)(C)C)C(=O)OC(C)(C)C)ncnc21)OCC. The molecule has 15 heteroatoms. The number of anilines is 1. The number of fused-ring (bicyclic) bond motifs is 1. The van der Waals surface area contributed by atoms with Crippen LogP contribution in [-0.4, -0.2) is 74.7 Å². The van der Waals surface area contributed by atoms with E-state index in [-0.39, 0.29) is 49.4 Å². The molecule has 0 aliphatic carbocycles. The van der Waals surface area contributed by atoms with Gasteiger partial charge in [0.15, 0.2) is 17.0 Å². The van der Waals surface area contributed by atoms with Crippen LogP contribution < -0.4 is 10.2 Å². The molecule has 0 fully saturated rings. The van der Waals surface area contributed by atoms with E-state index in [0.717, 1.165) is 6.33 Å². The van der Waals surface area contributed by atoms with Gasteiger partial charge in [0.05, 0.1) is 25.7 Å². The van der Waals surface area contributed by atoms with E-state index in [1.165, 1.54) is 10.9 Å². The highest BCUT2D eigenvalue weighted by Crippen LogP contribution is 2.47. The Bertz CT molecular complexity index is 1150. The minimum atomic E-state index is -3.30. The van der Waals surface area contributed by atoms with Crippen LogP contribution in [0.1, 0.15) is 55.4 Å². The Labute approximate surface area is 221 Å². The number of hydrogen-bond acceptors (Lipinski definition) is 11. The summed E-state index contributed by atoms with van der Waals surface area (Å²) in [5.74, 6) is -0.577. The molecular formula is C23H37N6O8P. The van der Waals surface area contributed by atoms with Gasteiger partial charge in [0.25, 0.3) is 0 Å². The Hall–Kier alpha value is -3.09. The van der Waals surface area contributed by atoms with Crippen molar-refractivity contribution >= 4 is 42.7 Å². The second-order valence-electron chi connectivity index (χ2n) is 10.1. The van der Waals surface area contributed by atoms with Gasteiger partial charge in [-0.2, -0.15) is 4.90 Å². The van der Waals surface area contributed by atoms with Gasteiger partial charge in [-0.3, -0.25) is 9.36 Å². The number of carbonyl (C=O) groups excluding carboxylic acids is 3. The molecule has 0 aromatic carbocycles. The fraction of sp³-hybridized carbons (Fsp3) is 0.652. The first-order valence-electron chi connectivity index (χ1n) is 12.2. The number of imidazole rings is 1. The van der Waals surface area contributed by atoms with Crippen molar-refractivity contribution in [2.24, 2.45) is 0 Å². The Balaban J connectivity index is 2.28. The van der Waals surface area contributed by atoms with Gasteiger partial charge in [0.2, 0.25) is 5.91 Å². The zero-order valence-corrected chi connectivity index (χ0v) is 24.0. The summed E-state index contributed by atoms with van der Waals surface area (Å²) in [6.07, 6.45) is 0.462. The molecule has 1 N–H and O–H groups in total. The van der Waals surface area contributed by atoms with E-state index in [0.29, 0.717) is 4.90 Å². The number of carbonyl (C=O) groups is 3. The molecule has 3 amide bonds. The van der Waals surface area contributed by atoms with E-state index in [1.54, 1.807) is 55.4 Å². The summed E-state index contributed by atoms with van der Waals surface area (Å²) in [6, 6.07) is 0. The molecule has 0 saturated heterocycles.